The minimum absolute atomic E-state index is 0.0713. The van der Waals surface area contributed by atoms with Crippen LogP contribution in [0.5, 0.6) is 0 Å². The Morgan fingerprint density at radius 2 is 1.86 bits per heavy atom. The van der Waals surface area contributed by atoms with Crippen LogP contribution < -0.4 is 0 Å². The number of aryl methyl sites for hydroxylation is 1. The van der Waals surface area contributed by atoms with Crippen LogP contribution in [0.3, 0.4) is 0 Å². The molecule has 0 saturated heterocycles. The molecule has 0 unspecified atom stereocenters. The van der Waals surface area contributed by atoms with Crippen LogP contribution in [0, 0.1) is 6.92 Å². The summed E-state index contributed by atoms with van der Waals surface area (Å²) in [6, 6.07) is 8.68. The van der Waals surface area contributed by atoms with Crippen LogP contribution in [0.2, 0.25) is 0 Å². The molecule has 0 aliphatic heterocycles. The summed E-state index contributed by atoms with van der Waals surface area (Å²) in [6.45, 7) is 2.07. The molecule has 0 aromatic heterocycles. The highest BCUT2D eigenvalue weighted by Gasteiger charge is 2.33. The molecule has 5 heteroatoms. The van der Waals surface area contributed by atoms with Gasteiger partial charge in [-0.05, 0) is 25.3 Å². The minimum atomic E-state index is -3.09. The number of hydrogen-bond donors (Lipinski definition) is 0. The predicted octanol–water partition coefficient (Wildman–Crippen LogP) is 2.52. The molecule has 1 amide bonds. The fraction of sp³-hybridized carbons (Fsp3) is 0.588. The third kappa shape index (κ3) is 4.32. The van der Waals surface area contributed by atoms with Gasteiger partial charge < -0.3 is 4.90 Å². The summed E-state index contributed by atoms with van der Waals surface area (Å²) < 4.78 is 22.5. The van der Waals surface area contributed by atoms with Crippen molar-refractivity contribution in [3.05, 3.63) is 35.4 Å². The van der Waals surface area contributed by atoms with Crippen molar-refractivity contribution < 1.29 is 13.2 Å². The van der Waals surface area contributed by atoms with E-state index in [4.69, 9.17) is 0 Å². The molecule has 0 spiro atoms. The first-order chi connectivity index (χ1) is 10.3. The van der Waals surface area contributed by atoms with Gasteiger partial charge in [-0.2, -0.15) is 0 Å². The van der Waals surface area contributed by atoms with E-state index >= 15 is 0 Å². The van der Waals surface area contributed by atoms with E-state index in [1.54, 1.807) is 4.90 Å². The average molecular weight is 323 g/mol. The molecular weight excluding hydrogens is 298 g/mol. The van der Waals surface area contributed by atoms with Crippen molar-refractivity contribution in [3.8, 4) is 0 Å². The van der Waals surface area contributed by atoms with Crippen molar-refractivity contribution in [1.82, 2.24) is 4.90 Å². The summed E-state index contributed by atoms with van der Waals surface area (Å²) in [7, 11) is -1.29. The maximum absolute atomic E-state index is 12.3. The zero-order valence-electron chi connectivity index (χ0n) is 13.6. The molecule has 2 atom stereocenters. The molecule has 2 rings (SSSR count). The molecular formula is C17H25NO3S. The number of nitrogens with zero attached hydrogens (tertiary/aromatic N) is 1. The fourth-order valence-corrected chi connectivity index (χ4v) is 3.79. The number of carbonyl (C=O) groups excluding carboxylic acids is 1. The van der Waals surface area contributed by atoms with Gasteiger partial charge in [-0.1, -0.05) is 36.2 Å². The molecule has 0 N–H and O–H groups in total. The second-order valence-corrected chi connectivity index (χ2v) is 8.66. The second-order valence-electron chi connectivity index (χ2n) is 6.40. The zero-order valence-corrected chi connectivity index (χ0v) is 14.4. The third-order valence-electron chi connectivity index (χ3n) is 4.56. The van der Waals surface area contributed by atoms with Crippen LogP contribution in [0.1, 0.15) is 42.7 Å². The molecule has 0 bridgehead atoms. The van der Waals surface area contributed by atoms with Gasteiger partial charge in [0.25, 0.3) is 0 Å². The molecule has 1 saturated carbocycles. The maximum atomic E-state index is 12.3. The van der Waals surface area contributed by atoms with Gasteiger partial charge in [0.05, 0.1) is 5.75 Å². The summed E-state index contributed by atoms with van der Waals surface area (Å²) in [5, 5.41) is 0. The standard InChI is InChI=1S/C17H25NO3S/c1-13-7-9-14(10-8-13)15-5-4-6-16(15)18(2)17(19)11-12-22(3,20)21/h7-10,15-16H,4-6,11-12H2,1-3H3/t15-,16+/m0/s1. The third-order valence-corrected chi connectivity index (χ3v) is 5.51. The van der Waals surface area contributed by atoms with E-state index in [1.807, 2.05) is 7.05 Å². The van der Waals surface area contributed by atoms with Gasteiger partial charge in [-0.25, -0.2) is 8.42 Å². The smallest absolute Gasteiger partial charge is 0.223 e. The quantitative estimate of drug-likeness (QED) is 0.836. The Hall–Kier alpha value is -1.36. The van der Waals surface area contributed by atoms with Gasteiger partial charge in [0.1, 0.15) is 9.84 Å². The SMILES string of the molecule is Cc1ccc([C@@H]2CCC[C@H]2N(C)C(=O)CCS(C)(=O)=O)cc1. The number of hydrogen-bond acceptors (Lipinski definition) is 3. The highest BCUT2D eigenvalue weighted by molar-refractivity contribution is 7.90. The van der Waals surface area contributed by atoms with Crippen LogP contribution in [-0.2, 0) is 14.6 Å². The summed E-state index contributed by atoms with van der Waals surface area (Å²) in [5.41, 5.74) is 2.51. The number of amides is 1. The molecule has 1 aliphatic rings. The molecule has 22 heavy (non-hydrogen) atoms. The van der Waals surface area contributed by atoms with Crippen LogP contribution in [0.15, 0.2) is 24.3 Å². The Labute approximate surface area is 133 Å². The molecule has 0 radical (unpaired) electrons. The largest absolute Gasteiger partial charge is 0.342 e. The van der Waals surface area contributed by atoms with Gasteiger partial charge in [0, 0.05) is 31.7 Å². The van der Waals surface area contributed by atoms with E-state index in [9.17, 15) is 13.2 Å². The van der Waals surface area contributed by atoms with Crippen LogP contribution in [0.25, 0.3) is 0 Å². The van der Waals surface area contributed by atoms with Crippen LogP contribution >= 0.6 is 0 Å². The van der Waals surface area contributed by atoms with Crippen molar-refractivity contribution >= 4 is 15.7 Å². The lowest BCUT2D eigenvalue weighted by molar-refractivity contribution is -0.131. The lowest BCUT2D eigenvalue weighted by Gasteiger charge is -2.30. The number of rotatable bonds is 5. The zero-order chi connectivity index (χ0) is 16.3. The topological polar surface area (TPSA) is 54.5 Å². The number of likely N-dealkylation sites (N-methyl/N-ethyl adjacent to an activating group) is 1. The van der Waals surface area contributed by atoms with E-state index in [0.29, 0.717) is 5.92 Å². The van der Waals surface area contributed by atoms with Gasteiger partial charge in [0.15, 0.2) is 0 Å². The molecule has 1 fully saturated rings. The van der Waals surface area contributed by atoms with Gasteiger partial charge >= 0.3 is 0 Å². The van der Waals surface area contributed by atoms with Crippen molar-refractivity contribution in [2.24, 2.45) is 0 Å². The molecule has 1 aromatic rings. The Kier molecular flexibility index (Phi) is 5.27. The fourth-order valence-electron chi connectivity index (χ4n) is 3.24. The van der Waals surface area contributed by atoms with E-state index in [0.717, 1.165) is 19.3 Å². The van der Waals surface area contributed by atoms with Gasteiger partial charge in [-0.3, -0.25) is 4.79 Å². The van der Waals surface area contributed by atoms with E-state index in [1.165, 1.54) is 17.4 Å². The monoisotopic (exact) mass is 323 g/mol. The average Bonchev–Trinajstić information content (AvgIpc) is 2.93. The molecule has 122 valence electrons. The highest BCUT2D eigenvalue weighted by Crippen LogP contribution is 2.37. The summed E-state index contributed by atoms with van der Waals surface area (Å²) in [5.74, 6) is 0.208. The number of benzene rings is 1. The van der Waals surface area contributed by atoms with Gasteiger partial charge in [0.2, 0.25) is 5.91 Å². The normalized spacial score (nSPS) is 21.8. The van der Waals surface area contributed by atoms with Crippen molar-refractivity contribution in [3.63, 3.8) is 0 Å². The Balaban J connectivity index is 2.06. The van der Waals surface area contributed by atoms with E-state index < -0.39 is 9.84 Å². The Morgan fingerprint density at radius 3 is 2.45 bits per heavy atom. The Bertz CT molecular complexity index is 622. The lowest BCUT2D eigenvalue weighted by Crippen LogP contribution is -2.39. The molecule has 4 nitrogen and oxygen atoms in total. The molecule has 1 aromatic carbocycles. The summed E-state index contributed by atoms with van der Waals surface area (Å²) in [4.78, 5) is 14.0. The van der Waals surface area contributed by atoms with Crippen molar-refractivity contribution in [2.75, 3.05) is 19.1 Å². The maximum Gasteiger partial charge on any atom is 0.223 e. The van der Waals surface area contributed by atoms with Gasteiger partial charge in [-0.15, -0.1) is 0 Å². The van der Waals surface area contributed by atoms with Crippen molar-refractivity contribution in [2.45, 2.75) is 44.6 Å². The highest BCUT2D eigenvalue weighted by atomic mass is 32.2. The Morgan fingerprint density at radius 1 is 1.23 bits per heavy atom. The molecule has 1 aliphatic carbocycles. The first kappa shape index (κ1) is 17.0. The van der Waals surface area contributed by atoms with Crippen LogP contribution in [-0.4, -0.2) is 44.3 Å². The first-order valence-corrected chi connectivity index (χ1v) is 9.84. The summed E-state index contributed by atoms with van der Waals surface area (Å²) >= 11 is 0. The lowest BCUT2D eigenvalue weighted by atomic mass is 9.92. The van der Waals surface area contributed by atoms with Crippen LogP contribution in [0.4, 0.5) is 0 Å². The van der Waals surface area contributed by atoms with E-state index in [2.05, 4.69) is 31.2 Å². The number of carbonyl (C=O) groups is 1. The van der Waals surface area contributed by atoms with Crippen molar-refractivity contribution in [1.29, 1.82) is 0 Å². The molecule has 0 heterocycles. The number of sulfone groups is 1. The predicted molar refractivity (Wildman–Crippen MR) is 88.7 cm³/mol. The second kappa shape index (κ2) is 6.82. The summed E-state index contributed by atoms with van der Waals surface area (Å²) in [6.07, 6.45) is 4.42. The minimum Gasteiger partial charge on any atom is -0.342 e. The first-order valence-electron chi connectivity index (χ1n) is 7.78. The van der Waals surface area contributed by atoms with E-state index in [-0.39, 0.29) is 24.1 Å².